The average molecular weight is 249 g/mol. The van der Waals surface area contributed by atoms with Crippen molar-refractivity contribution in [2.24, 2.45) is 0 Å². The van der Waals surface area contributed by atoms with E-state index in [0.717, 1.165) is 0 Å². The highest BCUT2D eigenvalue weighted by molar-refractivity contribution is 9.10. The van der Waals surface area contributed by atoms with Crippen LogP contribution in [0.2, 0.25) is 5.15 Å². The fraction of sp³-hybridized carbons (Fsp3) is 0.143. The van der Waals surface area contributed by atoms with Crippen LogP contribution in [0.3, 0.4) is 0 Å². The molecule has 0 aliphatic heterocycles. The van der Waals surface area contributed by atoms with Gasteiger partial charge in [0.2, 0.25) is 0 Å². The Kier molecular flexibility index (Phi) is 3.05. The lowest BCUT2D eigenvalue weighted by Crippen LogP contribution is -2.18. The van der Waals surface area contributed by atoms with Crippen molar-refractivity contribution in [3.8, 4) is 0 Å². The molecule has 1 heterocycles. The molecule has 64 valence electrons. The number of hydrogen-bond acceptors (Lipinski definition) is 2. The monoisotopic (exact) mass is 248 g/mol. The number of rotatable bonds is 1. The van der Waals surface area contributed by atoms with Gasteiger partial charge in [-0.2, -0.15) is 0 Å². The third-order valence-corrected chi connectivity index (χ3v) is 2.13. The second-order valence-electron chi connectivity index (χ2n) is 2.07. The highest BCUT2D eigenvalue weighted by atomic mass is 79.9. The fourth-order valence-electron chi connectivity index (χ4n) is 0.722. The minimum absolute atomic E-state index is 0.189. The lowest BCUT2D eigenvalue weighted by Gasteiger charge is -2.01. The van der Waals surface area contributed by atoms with Gasteiger partial charge in [-0.3, -0.25) is 4.79 Å². The summed E-state index contributed by atoms with van der Waals surface area (Å²) in [5, 5.41) is 2.80. The maximum atomic E-state index is 11.2. The topological polar surface area (TPSA) is 42.0 Å². The number of halogens is 2. The molecular weight excluding hydrogens is 243 g/mol. The Balaban J connectivity index is 3.13. The van der Waals surface area contributed by atoms with Crippen molar-refractivity contribution in [3.63, 3.8) is 0 Å². The van der Waals surface area contributed by atoms with Crippen LogP contribution in [0.5, 0.6) is 0 Å². The smallest absolute Gasteiger partial charge is 0.252 e. The molecule has 0 aliphatic rings. The molecule has 0 bridgehead atoms. The molecular formula is C7H6BrClN2O. The van der Waals surface area contributed by atoms with E-state index < -0.39 is 0 Å². The SMILES string of the molecule is CNC(=O)c1cc(Cl)ncc1Br. The minimum atomic E-state index is -0.189. The molecule has 1 aromatic rings. The number of amides is 1. The van der Waals surface area contributed by atoms with E-state index in [9.17, 15) is 4.79 Å². The Morgan fingerprint density at radius 3 is 3.00 bits per heavy atom. The summed E-state index contributed by atoms with van der Waals surface area (Å²) in [4.78, 5) is 15.0. The molecule has 3 nitrogen and oxygen atoms in total. The third kappa shape index (κ3) is 1.95. The van der Waals surface area contributed by atoms with E-state index in [2.05, 4.69) is 26.2 Å². The van der Waals surface area contributed by atoms with E-state index in [1.165, 1.54) is 12.3 Å². The molecule has 5 heteroatoms. The van der Waals surface area contributed by atoms with E-state index in [0.29, 0.717) is 15.2 Å². The van der Waals surface area contributed by atoms with Crippen LogP contribution in [-0.2, 0) is 0 Å². The minimum Gasteiger partial charge on any atom is -0.355 e. The van der Waals surface area contributed by atoms with E-state index in [1.807, 2.05) is 0 Å². The normalized spacial score (nSPS) is 9.58. The van der Waals surface area contributed by atoms with Gasteiger partial charge < -0.3 is 5.32 Å². The number of aromatic nitrogens is 1. The number of carbonyl (C=O) groups is 1. The molecule has 0 spiro atoms. The van der Waals surface area contributed by atoms with Crippen molar-refractivity contribution in [1.29, 1.82) is 0 Å². The van der Waals surface area contributed by atoms with Gasteiger partial charge in [0.05, 0.1) is 5.56 Å². The molecule has 0 unspecified atom stereocenters. The standard InChI is InChI=1S/C7H6BrClN2O/c1-10-7(12)4-2-6(9)11-3-5(4)8/h2-3H,1H3,(H,10,12). The predicted molar refractivity (Wildman–Crippen MR) is 50.3 cm³/mol. The lowest BCUT2D eigenvalue weighted by atomic mass is 10.2. The predicted octanol–water partition coefficient (Wildman–Crippen LogP) is 1.86. The zero-order chi connectivity index (χ0) is 9.14. The molecule has 0 aliphatic carbocycles. The quantitative estimate of drug-likeness (QED) is 0.772. The van der Waals surface area contributed by atoms with Crippen molar-refractivity contribution < 1.29 is 4.79 Å². The van der Waals surface area contributed by atoms with E-state index in [4.69, 9.17) is 11.6 Å². The molecule has 0 saturated heterocycles. The highest BCUT2D eigenvalue weighted by Gasteiger charge is 2.08. The van der Waals surface area contributed by atoms with Gasteiger partial charge in [0.1, 0.15) is 5.15 Å². The van der Waals surface area contributed by atoms with Crippen LogP contribution in [0.25, 0.3) is 0 Å². The van der Waals surface area contributed by atoms with Gasteiger partial charge in [0.25, 0.3) is 5.91 Å². The Morgan fingerprint density at radius 1 is 1.75 bits per heavy atom. The zero-order valence-corrected chi connectivity index (χ0v) is 8.61. The molecule has 0 aromatic carbocycles. The molecule has 1 amide bonds. The largest absolute Gasteiger partial charge is 0.355 e. The zero-order valence-electron chi connectivity index (χ0n) is 6.27. The summed E-state index contributed by atoms with van der Waals surface area (Å²) in [5.74, 6) is -0.189. The van der Waals surface area contributed by atoms with Crippen LogP contribution in [-0.4, -0.2) is 17.9 Å². The summed E-state index contributed by atoms with van der Waals surface area (Å²) < 4.78 is 0.631. The van der Waals surface area contributed by atoms with E-state index >= 15 is 0 Å². The maximum absolute atomic E-state index is 11.2. The second kappa shape index (κ2) is 3.87. The fourth-order valence-corrected chi connectivity index (χ4v) is 1.28. The van der Waals surface area contributed by atoms with Crippen molar-refractivity contribution in [2.45, 2.75) is 0 Å². The van der Waals surface area contributed by atoms with Gasteiger partial charge in [0.15, 0.2) is 0 Å². The van der Waals surface area contributed by atoms with Gasteiger partial charge in [-0.25, -0.2) is 4.98 Å². The number of pyridine rings is 1. The first-order valence-electron chi connectivity index (χ1n) is 3.18. The molecule has 0 radical (unpaired) electrons. The first-order chi connectivity index (χ1) is 5.65. The van der Waals surface area contributed by atoms with Crippen LogP contribution < -0.4 is 5.32 Å². The first-order valence-corrected chi connectivity index (χ1v) is 4.35. The van der Waals surface area contributed by atoms with Crippen molar-refractivity contribution in [1.82, 2.24) is 10.3 Å². The number of nitrogens with zero attached hydrogens (tertiary/aromatic N) is 1. The number of carbonyl (C=O) groups excluding carboxylic acids is 1. The summed E-state index contributed by atoms with van der Waals surface area (Å²) in [6, 6.07) is 1.50. The summed E-state index contributed by atoms with van der Waals surface area (Å²) >= 11 is 8.80. The third-order valence-electron chi connectivity index (χ3n) is 1.29. The Bertz CT molecular complexity index is 316. The highest BCUT2D eigenvalue weighted by Crippen LogP contribution is 2.18. The number of hydrogen-bond donors (Lipinski definition) is 1. The summed E-state index contributed by atoms with van der Waals surface area (Å²) in [7, 11) is 1.56. The van der Waals surface area contributed by atoms with Gasteiger partial charge in [-0.15, -0.1) is 0 Å². The van der Waals surface area contributed by atoms with Gasteiger partial charge in [-0.05, 0) is 22.0 Å². The average Bonchev–Trinajstić information content (AvgIpc) is 2.08. The Morgan fingerprint density at radius 2 is 2.42 bits per heavy atom. The van der Waals surface area contributed by atoms with Crippen molar-refractivity contribution in [3.05, 3.63) is 27.5 Å². The molecule has 0 atom stereocenters. The maximum Gasteiger partial charge on any atom is 0.252 e. The van der Waals surface area contributed by atoms with Crippen LogP contribution >= 0.6 is 27.5 Å². The summed E-state index contributed by atoms with van der Waals surface area (Å²) in [5.41, 5.74) is 0.484. The van der Waals surface area contributed by atoms with Gasteiger partial charge in [-0.1, -0.05) is 11.6 Å². The Hall–Kier alpha value is -0.610. The molecule has 1 rings (SSSR count). The van der Waals surface area contributed by atoms with Gasteiger partial charge in [0, 0.05) is 17.7 Å². The number of nitrogens with one attached hydrogen (secondary N) is 1. The van der Waals surface area contributed by atoms with Gasteiger partial charge >= 0.3 is 0 Å². The summed E-state index contributed by atoms with van der Waals surface area (Å²) in [6.45, 7) is 0. The van der Waals surface area contributed by atoms with Crippen LogP contribution in [0, 0.1) is 0 Å². The molecule has 0 fully saturated rings. The first kappa shape index (κ1) is 9.48. The van der Waals surface area contributed by atoms with E-state index in [-0.39, 0.29) is 5.91 Å². The van der Waals surface area contributed by atoms with Crippen molar-refractivity contribution >= 4 is 33.4 Å². The van der Waals surface area contributed by atoms with Crippen LogP contribution in [0.4, 0.5) is 0 Å². The van der Waals surface area contributed by atoms with Crippen LogP contribution in [0.1, 0.15) is 10.4 Å². The Labute approximate surface area is 83.3 Å². The molecule has 0 saturated carbocycles. The summed E-state index contributed by atoms with van der Waals surface area (Å²) in [6.07, 6.45) is 1.49. The van der Waals surface area contributed by atoms with Crippen LogP contribution in [0.15, 0.2) is 16.7 Å². The second-order valence-corrected chi connectivity index (χ2v) is 3.31. The molecule has 1 aromatic heterocycles. The lowest BCUT2D eigenvalue weighted by molar-refractivity contribution is 0.0962. The molecule has 12 heavy (non-hydrogen) atoms. The van der Waals surface area contributed by atoms with E-state index in [1.54, 1.807) is 7.05 Å². The van der Waals surface area contributed by atoms with Crippen molar-refractivity contribution in [2.75, 3.05) is 7.05 Å². The molecule has 1 N–H and O–H groups in total.